The van der Waals surface area contributed by atoms with Gasteiger partial charge in [-0.1, -0.05) is 0 Å². The van der Waals surface area contributed by atoms with E-state index in [4.69, 9.17) is 4.74 Å². The van der Waals surface area contributed by atoms with Crippen molar-refractivity contribution in [3.8, 4) is 5.75 Å². The SMILES string of the molecule is COc1cc(I)c2c(C)csc2c1. The lowest BCUT2D eigenvalue weighted by atomic mass is 10.2. The number of halogens is 1. The second-order valence-corrected chi connectivity index (χ2v) is 4.97. The summed E-state index contributed by atoms with van der Waals surface area (Å²) in [5.74, 6) is 0.943. The molecule has 2 aromatic rings. The number of hydrogen-bond donors (Lipinski definition) is 0. The number of aryl methyl sites for hydroxylation is 1. The molecule has 0 bridgehead atoms. The Hall–Kier alpha value is -0.290. The van der Waals surface area contributed by atoms with E-state index in [9.17, 15) is 0 Å². The summed E-state index contributed by atoms with van der Waals surface area (Å²) in [6, 6.07) is 4.16. The highest BCUT2D eigenvalue weighted by Crippen LogP contribution is 2.33. The van der Waals surface area contributed by atoms with Gasteiger partial charge in [-0.25, -0.2) is 0 Å². The van der Waals surface area contributed by atoms with Crippen LogP contribution >= 0.6 is 33.9 Å². The molecule has 0 radical (unpaired) electrons. The van der Waals surface area contributed by atoms with Crippen molar-refractivity contribution in [2.45, 2.75) is 6.92 Å². The Morgan fingerprint density at radius 2 is 2.15 bits per heavy atom. The van der Waals surface area contributed by atoms with Gasteiger partial charge in [0.2, 0.25) is 0 Å². The minimum absolute atomic E-state index is 0.943. The number of benzene rings is 1. The standard InChI is InChI=1S/C10H9IOS/c1-6-5-13-9-4-7(12-2)3-8(11)10(6)9/h3-5H,1-2H3. The molecule has 68 valence electrons. The maximum absolute atomic E-state index is 5.21. The maximum Gasteiger partial charge on any atom is 0.121 e. The molecule has 1 aromatic heterocycles. The molecule has 0 N–H and O–H groups in total. The van der Waals surface area contributed by atoms with Crippen molar-refractivity contribution in [3.05, 3.63) is 26.6 Å². The van der Waals surface area contributed by atoms with Crippen molar-refractivity contribution in [2.24, 2.45) is 0 Å². The van der Waals surface area contributed by atoms with E-state index in [1.165, 1.54) is 19.2 Å². The molecule has 0 atom stereocenters. The molecule has 0 spiro atoms. The van der Waals surface area contributed by atoms with Crippen LogP contribution in [0.5, 0.6) is 5.75 Å². The lowest BCUT2D eigenvalue weighted by molar-refractivity contribution is 0.415. The van der Waals surface area contributed by atoms with Gasteiger partial charge < -0.3 is 4.74 Å². The molecular formula is C10H9IOS. The first kappa shape index (κ1) is 9.27. The van der Waals surface area contributed by atoms with E-state index in [-0.39, 0.29) is 0 Å². The fourth-order valence-corrected chi connectivity index (χ4v) is 3.56. The fourth-order valence-electron chi connectivity index (χ4n) is 1.36. The molecule has 1 nitrogen and oxygen atoms in total. The molecule has 13 heavy (non-hydrogen) atoms. The van der Waals surface area contributed by atoms with Gasteiger partial charge in [-0.3, -0.25) is 0 Å². The van der Waals surface area contributed by atoms with Gasteiger partial charge in [0.05, 0.1) is 7.11 Å². The second-order valence-electron chi connectivity index (χ2n) is 2.90. The van der Waals surface area contributed by atoms with Crippen molar-refractivity contribution in [1.29, 1.82) is 0 Å². The van der Waals surface area contributed by atoms with Gasteiger partial charge >= 0.3 is 0 Å². The summed E-state index contributed by atoms with van der Waals surface area (Å²) in [5, 5.41) is 3.55. The van der Waals surface area contributed by atoms with Crippen LogP contribution < -0.4 is 4.74 Å². The Balaban J connectivity index is 2.79. The summed E-state index contributed by atoms with van der Waals surface area (Å²) < 4.78 is 7.79. The van der Waals surface area contributed by atoms with E-state index < -0.39 is 0 Å². The maximum atomic E-state index is 5.21. The molecule has 0 aliphatic carbocycles. The van der Waals surface area contributed by atoms with Crippen LogP contribution in [0.15, 0.2) is 17.5 Å². The van der Waals surface area contributed by atoms with Crippen molar-refractivity contribution in [3.63, 3.8) is 0 Å². The highest BCUT2D eigenvalue weighted by molar-refractivity contribution is 14.1. The van der Waals surface area contributed by atoms with Gasteiger partial charge in [0.15, 0.2) is 0 Å². The smallest absolute Gasteiger partial charge is 0.121 e. The van der Waals surface area contributed by atoms with Crippen molar-refractivity contribution in [2.75, 3.05) is 7.11 Å². The molecule has 0 aliphatic heterocycles. The molecule has 1 aromatic carbocycles. The lowest BCUT2D eigenvalue weighted by Gasteiger charge is -2.02. The highest BCUT2D eigenvalue weighted by Gasteiger charge is 2.06. The number of methoxy groups -OCH3 is 1. The number of thiophene rings is 1. The van der Waals surface area contributed by atoms with E-state index in [1.807, 2.05) is 0 Å². The Morgan fingerprint density at radius 3 is 2.85 bits per heavy atom. The zero-order chi connectivity index (χ0) is 9.42. The van der Waals surface area contributed by atoms with Gasteiger partial charge in [-0.05, 0) is 52.6 Å². The molecule has 2 rings (SSSR count). The number of hydrogen-bond acceptors (Lipinski definition) is 2. The monoisotopic (exact) mass is 304 g/mol. The van der Waals surface area contributed by atoms with Gasteiger partial charge in [0, 0.05) is 13.7 Å². The van der Waals surface area contributed by atoms with Gasteiger partial charge in [-0.15, -0.1) is 11.3 Å². The van der Waals surface area contributed by atoms with Crippen LogP contribution in [0, 0.1) is 10.5 Å². The number of fused-ring (bicyclic) bond motifs is 1. The summed E-state index contributed by atoms with van der Waals surface area (Å²) in [6.07, 6.45) is 0. The third-order valence-electron chi connectivity index (χ3n) is 2.02. The normalized spacial score (nSPS) is 10.7. The second kappa shape index (κ2) is 3.46. The van der Waals surface area contributed by atoms with E-state index in [0.717, 1.165) is 5.75 Å². The minimum Gasteiger partial charge on any atom is -0.497 e. The molecule has 0 saturated heterocycles. The van der Waals surface area contributed by atoms with Crippen LogP contribution in [-0.4, -0.2) is 7.11 Å². The van der Waals surface area contributed by atoms with Crippen LogP contribution in [0.4, 0.5) is 0 Å². The Bertz CT molecular complexity index is 447. The molecule has 0 saturated carbocycles. The molecule has 0 unspecified atom stereocenters. The first-order valence-electron chi connectivity index (χ1n) is 3.93. The lowest BCUT2D eigenvalue weighted by Crippen LogP contribution is -1.83. The average molecular weight is 304 g/mol. The highest BCUT2D eigenvalue weighted by atomic mass is 127. The quantitative estimate of drug-likeness (QED) is 0.728. The molecule has 0 aliphatic rings. The third-order valence-corrected chi connectivity index (χ3v) is 3.92. The number of rotatable bonds is 1. The summed E-state index contributed by atoms with van der Waals surface area (Å²) in [5.41, 5.74) is 1.35. The van der Waals surface area contributed by atoms with E-state index in [0.29, 0.717) is 0 Å². The topological polar surface area (TPSA) is 9.23 Å². The van der Waals surface area contributed by atoms with Crippen molar-refractivity contribution >= 4 is 44.0 Å². The summed E-state index contributed by atoms with van der Waals surface area (Å²) >= 11 is 4.13. The average Bonchev–Trinajstić information content (AvgIpc) is 2.48. The van der Waals surface area contributed by atoms with Crippen LogP contribution in [0.25, 0.3) is 10.1 Å². The summed E-state index contributed by atoms with van der Waals surface area (Å²) in [4.78, 5) is 0. The van der Waals surface area contributed by atoms with E-state index >= 15 is 0 Å². The van der Waals surface area contributed by atoms with Crippen LogP contribution in [0.1, 0.15) is 5.56 Å². The third kappa shape index (κ3) is 1.55. The Labute approximate surface area is 94.9 Å². The minimum atomic E-state index is 0.943. The van der Waals surface area contributed by atoms with Gasteiger partial charge in [0.1, 0.15) is 5.75 Å². The largest absolute Gasteiger partial charge is 0.497 e. The van der Waals surface area contributed by atoms with E-state index in [2.05, 4.69) is 47.0 Å². The van der Waals surface area contributed by atoms with Crippen LogP contribution in [-0.2, 0) is 0 Å². The van der Waals surface area contributed by atoms with E-state index in [1.54, 1.807) is 18.4 Å². The molecule has 1 heterocycles. The van der Waals surface area contributed by atoms with Crippen molar-refractivity contribution in [1.82, 2.24) is 0 Å². The number of ether oxygens (including phenoxy) is 1. The van der Waals surface area contributed by atoms with Crippen LogP contribution in [0.2, 0.25) is 0 Å². The Morgan fingerprint density at radius 1 is 1.38 bits per heavy atom. The first-order valence-corrected chi connectivity index (χ1v) is 5.89. The Kier molecular flexibility index (Phi) is 2.47. The van der Waals surface area contributed by atoms with Gasteiger partial charge in [0.25, 0.3) is 0 Å². The molecular weight excluding hydrogens is 295 g/mol. The molecule has 3 heteroatoms. The molecule has 0 fully saturated rings. The predicted octanol–water partition coefficient (Wildman–Crippen LogP) is 3.82. The van der Waals surface area contributed by atoms with Gasteiger partial charge in [-0.2, -0.15) is 0 Å². The fraction of sp³-hybridized carbons (Fsp3) is 0.200. The van der Waals surface area contributed by atoms with Crippen LogP contribution in [0.3, 0.4) is 0 Å². The summed E-state index contributed by atoms with van der Waals surface area (Å²) in [6.45, 7) is 2.15. The summed E-state index contributed by atoms with van der Waals surface area (Å²) in [7, 11) is 1.71. The molecule has 0 amide bonds. The zero-order valence-electron chi connectivity index (χ0n) is 7.43. The van der Waals surface area contributed by atoms with Crippen molar-refractivity contribution < 1.29 is 4.74 Å². The predicted molar refractivity (Wildman–Crippen MR) is 65.8 cm³/mol. The zero-order valence-corrected chi connectivity index (χ0v) is 10.4. The first-order chi connectivity index (χ1) is 6.22.